The van der Waals surface area contributed by atoms with Crippen LogP contribution in [0.15, 0.2) is 36.4 Å². The number of rotatable bonds is 6. The third kappa shape index (κ3) is 3.51. The fourth-order valence-electron chi connectivity index (χ4n) is 2.25. The highest BCUT2D eigenvalue weighted by atomic mass is 35.5. The van der Waals surface area contributed by atoms with Crippen LogP contribution in [0.2, 0.25) is 5.02 Å². The van der Waals surface area contributed by atoms with E-state index in [0.29, 0.717) is 11.8 Å². The average Bonchev–Trinajstić information content (AvgIpc) is 2.92. The van der Waals surface area contributed by atoms with Crippen molar-refractivity contribution < 1.29 is 0 Å². The van der Waals surface area contributed by atoms with Gasteiger partial charge in [0, 0.05) is 32.0 Å². The molecule has 0 aliphatic carbocycles. The van der Waals surface area contributed by atoms with Gasteiger partial charge < -0.3 is 0 Å². The molecule has 0 unspecified atom stereocenters. The summed E-state index contributed by atoms with van der Waals surface area (Å²) in [6, 6.07) is 12.2. The molecule has 0 bridgehead atoms. The SMILES string of the molecule is CCc1ccc(CC(CCl)(CCl)c2cccc(Cl)c2)s1. The van der Waals surface area contributed by atoms with Gasteiger partial charge in [-0.1, -0.05) is 30.7 Å². The van der Waals surface area contributed by atoms with Gasteiger partial charge in [-0.25, -0.2) is 0 Å². The van der Waals surface area contributed by atoms with Crippen LogP contribution in [-0.4, -0.2) is 11.8 Å². The predicted octanol–water partition coefficient (Wildman–Crippen LogP) is 5.92. The second kappa shape index (κ2) is 7.17. The van der Waals surface area contributed by atoms with E-state index in [1.807, 2.05) is 29.5 Å². The van der Waals surface area contributed by atoms with E-state index in [1.54, 1.807) is 0 Å². The number of hydrogen-bond acceptors (Lipinski definition) is 1. The maximum atomic E-state index is 6.28. The zero-order valence-electron chi connectivity index (χ0n) is 11.3. The monoisotopic (exact) mass is 346 g/mol. The minimum Gasteiger partial charge on any atom is -0.145 e. The van der Waals surface area contributed by atoms with Gasteiger partial charge in [-0.05, 0) is 42.7 Å². The molecule has 4 heteroatoms. The number of thiophene rings is 1. The van der Waals surface area contributed by atoms with Crippen molar-refractivity contribution in [2.75, 3.05) is 11.8 Å². The minimum atomic E-state index is -0.260. The first-order chi connectivity index (χ1) is 9.63. The Kier molecular flexibility index (Phi) is 5.80. The molecular weight excluding hydrogens is 331 g/mol. The maximum Gasteiger partial charge on any atom is 0.0408 e. The first-order valence-electron chi connectivity index (χ1n) is 6.59. The van der Waals surface area contributed by atoms with Crippen LogP contribution in [0.5, 0.6) is 0 Å². The van der Waals surface area contributed by atoms with Crippen LogP contribution in [0.3, 0.4) is 0 Å². The van der Waals surface area contributed by atoms with E-state index in [9.17, 15) is 0 Å². The summed E-state index contributed by atoms with van der Waals surface area (Å²) in [5.74, 6) is 0.965. The normalized spacial score (nSPS) is 11.8. The Morgan fingerprint density at radius 3 is 2.30 bits per heavy atom. The Morgan fingerprint density at radius 1 is 1.05 bits per heavy atom. The summed E-state index contributed by atoms with van der Waals surface area (Å²) in [5, 5.41) is 0.725. The maximum absolute atomic E-state index is 6.28. The lowest BCUT2D eigenvalue weighted by Gasteiger charge is -2.30. The summed E-state index contributed by atoms with van der Waals surface area (Å²) in [7, 11) is 0. The first kappa shape index (κ1) is 16.2. The molecule has 0 atom stereocenters. The Bertz CT molecular complexity index is 558. The molecule has 1 aromatic carbocycles. The van der Waals surface area contributed by atoms with Crippen LogP contribution in [-0.2, 0) is 18.3 Å². The van der Waals surface area contributed by atoms with Gasteiger partial charge >= 0.3 is 0 Å². The summed E-state index contributed by atoms with van der Waals surface area (Å²) in [4.78, 5) is 2.72. The van der Waals surface area contributed by atoms with E-state index in [4.69, 9.17) is 34.8 Å². The fraction of sp³-hybridized carbons (Fsp3) is 0.375. The van der Waals surface area contributed by atoms with Crippen LogP contribution in [0.25, 0.3) is 0 Å². The molecule has 1 heterocycles. The van der Waals surface area contributed by atoms with E-state index in [2.05, 4.69) is 25.1 Å². The quantitative estimate of drug-likeness (QED) is 0.569. The second-order valence-electron chi connectivity index (χ2n) is 4.96. The lowest BCUT2D eigenvalue weighted by molar-refractivity contribution is 0.541. The van der Waals surface area contributed by atoms with Crippen molar-refractivity contribution in [3.05, 3.63) is 56.7 Å². The smallest absolute Gasteiger partial charge is 0.0408 e. The Labute approximate surface area is 139 Å². The first-order valence-corrected chi connectivity index (χ1v) is 8.85. The molecule has 0 amide bonds. The molecule has 0 N–H and O–H groups in total. The molecule has 108 valence electrons. The number of halogens is 3. The lowest BCUT2D eigenvalue weighted by Crippen LogP contribution is -2.33. The summed E-state index contributed by atoms with van der Waals surface area (Å²) in [5.41, 5.74) is 0.852. The molecule has 0 spiro atoms. The molecule has 0 nitrogen and oxygen atoms in total. The molecule has 2 rings (SSSR count). The molecule has 2 aromatic rings. The van der Waals surface area contributed by atoms with Crippen molar-refractivity contribution in [2.24, 2.45) is 0 Å². The Hall–Kier alpha value is -0.210. The highest BCUT2D eigenvalue weighted by Crippen LogP contribution is 2.35. The van der Waals surface area contributed by atoms with Gasteiger partial charge in [0.15, 0.2) is 0 Å². The van der Waals surface area contributed by atoms with Crippen molar-refractivity contribution in [3.8, 4) is 0 Å². The van der Waals surface area contributed by atoms with E-state index in [0.717, 1.165) is 23.4 Å². The van der Waals surface area contributed by atoms with Gasteiger partial charge in [0.25, 0.3) is 0 Å². The van der Waals surface area contributed by atoms with Crippen LogP contribution >= 0.6 is 46.1 Å². The third-order valence-corrected chi connectivity index (χ3v) is 6.01. The minimum absolute atomic E-state index is 0.260. The number of hydrogen-bond donors (Lipinski definition) is 0. The summed E-state index contributed by atoms with van der Waals surface area (Å²) in [6.45, 7) is 2.17. The van der Waals surface area contributed by atoms with Crippen LogP contribution < -0.4 is 0 Å². The largest absolute Gasteiger partial charge is 0.145 e. The topological polar surface area (TPSA) is 0 Å². The number of benzene rings is 1. The van der Waals surface area contributed by atoms with Crippen LogP contribution in [0, 0.1) is 0 Å². The zero-order valence-corrected chi connectivity index (χ0v) is 14.4. The molecule has 1 aromatic heterocycles. The second-order valence-corrected chi connectivity index (χ2v) is 7.18. The van der Waals surface area contributed by atoms with Crippen LogP contribution in [0.1, 0.15) is 22.2 Å². The number of aryl methyl sites for hydroxylation is 1. The molecular formula is C16H17Cl3S. The molecule has 0 radical (unpaired) electrons. The molecule has 0 fully saturated rings. The number of alkyl halides is 2. The highest BCUT2D eigenvalue weighted by Gasteiger charge is 2.31. The summed E-state index contributed by atoms with van der Waals surface area (Å²) >= 11 is 20.5. The Balaban J connectivity index is 2.33. The summed E-state index contributed by atoms with van der Waals surface area (Å²) in [6.07, 6.45) is 1.92. The average molecular weight is 348 g/mol. The Morgan fingerprint density at radius 2 is 1.75 bits per heavy atom. The van der Waals surface area contributed by atoms with Gasteiger partial charge in [-0.15, -0.1) is 34.5 Å². The van der Waals surface area contributed by atoms with Gasteiger partial charge in [-0.2, -0.15) is 0 Å². The van der Waals surface area contributed by atoms with Crippen LogP contribution in [0.4, 0.5) is 0 Å². The highest BCUT2D eigenvalue weighted by molar-refractivity contribution is 7.12. The molecule has 0 saturated heterocycles. The molecule has 0 aliphatic heterocycles. The molecule has 0 aliphatic rings. The van der Waals surface area contributed by atoms with Crippen molar-refractivity contribution in [1.29, 1.82) is 0 Å². The van der Waals surface area contributed by atoms with Gasteiger partial charge in [0.1, 0.15) is 0 Å². The van der Waals surface area contributed by atoms with E-state index >= 15 is 0 Å². The fourth-order valence-corrected chi connectivity index (χ4v) is 4.32. The lowest BCUT2D eigenvalue weighted by atomic mass is 9.80. The predicted molar refractivity (Wildman–Crippen MR) is 92.0 cm³/mol. The van der Waals surface area contributed by atoms with Gasteiger partial charge in [0.05, 0.1) is 0 Å². The van der Waals surface area contributed by atoms with Crippen molar-refractivity contribution in [3.63, 3.8) is 0 Å². The summed E-state index contributed by atoms with van der Waals surface area (Å²) < 4.78 is 0. The van der Waals surface area contributed by atoms with E-state index < -0.39 is 0 Å². The third-order valence-electron chi connectivity index (χ3n) is 3.53. The standard InChI is InChI=1S/C16H17Cl3S/c1-2-14-6-7-15(20-14)9-16(10-17,11-18)12-4-3-5-13(19)8-12/h3-8H,2,9-11H2,1H3. The molecule has 20 heavy (non-hydrogen) atoms. The van der Waals surface area contributed by atoms with Gasteiger partial charge in [0.2, 0.25) is 0 Å². The van der Waals surface area contributed by atoms with E-state index in [1.165, 1.54) is 9.75 Å². The van der Waals surface area contributed by atoms with Crippen molar-refractivity contribution >= 4 is 46.1 Å². The van der Waals surface area contributed by atoms with Crippen molar-refractivity contribution in [2.45, 2.75) is 25.2 Å². The van der Waals surface area contributed by atoms with Crippen molar-refractivity contribution in [1.82, 2.24) is 0 Å². The molecule has 0 saturated carbocycles. The zero-order chi connectivity index (χ0) is 14.6. The van der Waals surface area contributed by atoms with Gasteiger partial charge in [-0.3, -0.25) is 0 Å². The van der Waals surface area contributed by atoms with E-state index in [-0.39, 0.29) is 5.41 Å².